The van der Waals surface area contributed by atoms with Crippen LogP contribution in [0.4, 0.5) is 0 Å². The highest BCUT2D eigenvalue weighted by atomic mass is 79.9. The first-order valence-electron chi connectivity index (χ1n) is 7.24. The molecule has 0 fully saturated rings. The van der Waals surface area contributed by atoms with Crippen molar-refractivity contribution in [1.82, 2.24) is 4.31 Å². The van der Waals surface area contributed by atoms with Gasteiger partial charge in [0.15, 0.2) is 0 Å². The molecule has 6 heteroatoms. The third-order valence-corrected chi connectivity index (χ3v) is 6.59. The Morgan fingerprint density at radius 2 is 1.78 bits per heavy atom. The van der Waals surface area contributed by atoms with Crippen LogP contribution in [-0.2, 0) is 16.4 Å². The van der Waals surface area contributed by atoms with E-state index in [9.17, 15) is 13.2 Å². The number of sulfonamides is 1. The number of fused-ring (bicyclic) bond motifs is 1. The van der Waals surface area contributed by atoms with E-state index in [0.717, 1.165) is 15.4 Å². The van der Waals surface area contributed by atoms with Crippen LogP contribution in [0.2, 0.25) is 0 Å². The summed E-state index contributed by atoms with van der Waals surface area (Å²) in [6.07, 6.45) is 0.512. The van der Waals surface area contributed by atoms with Crippen molar-refractivity contribution in [2.75, 3.05) is 5.33 Å². The molecule has 0 radical (unpaired) electrons. The van der Waals surface area contributed by atoms with Gasteiger partial charge in [-0.15, -0.1) is 0 Å². The van der Waals surface area contributed by atoms with Gasteiger partial charge in [0.1, 0.15) is 0 Å². The van der Waals surface area contributed by atoms with Gasteiger partial charge in [-0.1, -0.05) is 51.8 Å². The van der Waals surface area contributed by atoms with Gasteiger partial charge in [0.05, 0.1) is 10.9 Å². The van der Waals surface area contributed by atoms with Gasteiger partial charge in [-0.25, -0.2) is 12.7 Å². The molecule has 1 amide bonds. The van der Waals surface area contributed by atoms with E-state index in [-0.39, 0.29) is 4.90 Å². The summed E-state index contributed by atoms with van der Waals surface area (Å²) < 4.78 is 27.0. The van der Waals surface area contributed by atoms with E-state index >= 15 is 0 Å². The fourth-order valence-corrected chi connectivity index (χ4v) is 5.05. The molecule has 23 heavy (non-hydrogen) atoms. The molecule has 0 bridgehead atoms. The highest BCUT2D eigenvalue weighted by Crippen LogP contribution is 2.29. The number of nitrogens with zero attached hydrogens (tertiary/aromatic N) is 1. The van der Waals surface area contributed by atoms with Gasteiger partial charge in [-0.3, -0.25) is 4.79 Å². The summed E-state index contributed by atoms with van der Waals surface area (Å²) in [4.78, 5) is 12.9. The number of benzene rings is 2. The van der Waals surface area contributed by atoms with Gasteiger partial charge in [-0.2, -0.15) is 0 Å². The number of hydrogen-bond donors (Lipinski definition) is 0. The molecule has 2 aromatic carbocycles. The molecule has 1 unspecified atom stereocenters. The van der Waals surface area contributed by atoms with Crippen LogP contribution in [0.25, 0.3) is 0 Å². The van der Waals surface area contributed by atoms with Crippen LogP contribution in [0.3, 0.4) is 0 Å². The van der Waals surface area contributed by atoms with Crippen LogP contribution >= 0.6 is 15.9 Å². The topological polar surface area (TPSA) is 54.5 Å². The Bertz CT molecular complexity index is 846. The molecule has 0 aliphatic carbocycles. The monoisotopic (exact) mass is 393 g/mol. The van der Waals surface area contributed by atoms with E-state index in [0.29, 0.717) is 17.3 Å². The van der Waals surface area contributed by atoms with Crippen LogP contribution < -0.4 is 0 Å². The Morgan fingerprint density at radius 1 is 1.13 bits per heavy atom. The summed E-state index contributed by atoms with van der Waals surface area (Å²) >= 11 is 3.35. The molecule has 1 heterocycles. The highest BCUT2D eigenvalue weighted by Gasteiger charge is 2.40. The Labute approximate surface area is 144 Å². The van der Waals surface area contributed by atoms with Crippen LogP contribution in [-0.4, -0.2) is 30.0 Å². The van der Waals surface area contributed by atoms with E-state index in [1.54, 1.807) is 36.4 Å². The number of carbonyl (C=O) groups is 1. The highest BCUT2D eigenvalue weighted by molar-refractivity contribution is 9.09. The molecule has 0 aromatic heterocycles. The first-order valence-corrected chi connectivity index (χ1v) is 9.80. The van der Waals surface area contributed by atoms with Crippen molar-refractivity contribution in [2.45, 2.75) is 24.3 Å². The molecular formula is C17H16BrNO3S. The number of rotatable bonds is 3. The summed E-state index contributed by atoms with van der Waals surface area (Å²) in [5.74, 6) is -0.461. The maximum Gasteiger partial charge on any atom is 0.268 e. The first kappa shape index (κ1) is 16.2. The van der Waals surface area contributed by atoms with Gasteiger partial charge in [0.25, 0.3) is 15.9 Å². The second-order valence-corrected chi connectivity index (χ2v) is 8.05. The van der Waals surface area contributed by atoms with Crippen molar-refractivity contribution in [1.29, 1.82) is 0 Å². The molecule has 1 atom stereocenters. The third kappa shape index (κ3) is 2.81. The van der Waals surface area contributed by atoms with Gasteiger partial charge in [-0.05, 0) is 37.1 Å². The number of hydrogen-bond acceptors (Lipinski definition) is 3. The molecule has 120 valence electrons. The Morgan fingerprint density at radius 3 is 2.43 bits per heavy atom. The largest absolute Gasteiger partial charge is 0.268 e. The van der Waals surface area contributed by atoms with Crippen molar-refractivity contribution in [3.63, 3.8) is 0 Å². The summed E-state index contributed by atoms with van der Waals surface area (Å²) in [7, 11) is -3.88. The SMILES string of the molecule is Cc1ccc(S(=O)(=O)N2C(=O)c3ccccc3CC2CBr)cc1. The van der Waals surface area contributed by atoms with Crippen molar-refractivity contribution in [2.24, 2.45) is 0 Å². The van der Waals surface area contributed by atoms with Gasteiger partial charge >= 0.3 is 0 Å². The molecular weight excluding hydrogens is 378 g/mol. The Hall–Kier alpha value is -1.66. The van der Waals surface area contributed by atoms with Gasteiger partial charge in [0, 0.05) is 10.9 Å². The lowest BCUT2D eigenvalue weighted by Gasteiger charge is -2.34. The maximum absolute atomic E-state index is 13.0. The Kier molecular flexibility index (Phi) is 4.29. The molecule has 0 spiro atoms. The smallest absolute Gasteiger partial charge is 0.268 e. The van der Waals surface area contributed by atoms with Crippen molar-refractivity contribution >= 4 is 31.9 Å². The molecule has 1 aliphatic rings. The average Bonchev–Trinajstić information content (AvgIpc) is 2.54. The number of alkyl halides is 1. The van der Waals surface area contributed by atoms with Crippen LogP contribution in [0, 0.1) is 6.92 Å². The van der Waals surface area contributed by atoms with Crippen molar-refractivity contribution < 1.29 is 13.2 Å². The van der Waals surface area contributed by atoms with Crippen molar-refractivity contribution in [3.8, 4) is 0 Å². The van der Waals surface area contributed by atoms with Gasteiger partial charge < -0.3 is 0 Å². The normalized spacial score (nSPS) is 17.9. The average molecular weight is 394 g/mol. The van der Waals surface area contributed by atoms with Crippen LogP contribution in [0.5, 0.6) is 0 Å². The standard InChI is InChI=1S/C17H16BrNO3S/c1-12-6-8-15(9-7-12)23(21,22)19-14(11-18)10-13-4-2-3-5-16(13)17(19)20/h2-9,14H,10-11H2,1H3. The first-order chi connectivity index (χ1) is 10.9. The van der Waals surface area contributed by atoms with Crippen LogP contribution in [0.15, 0.2) is 53.4 Å². The number of aryl methyl sites for hydroxylation is 1. The predicted molar refractivity (Wildman–Crippen MR) is 92.3 cm³/mol. The fourth-order valence-electron chi connectivity index (χ4n) is 2.77. The van der Waals surface area contributed by atoms with E-state index in [1.165, 1.54) is 0 Å². The lowest BCUT2D eigenvalue weighted by Crippen LogP contribution is -2.49. The molecule has 0 N–H and O–H groups in total. The quantitative estimate of drug-likeness (QED) is 0.752. The van der Waals surface area contributed by atoms with E-state index in [4.69, 9.17) is 0 Å². The minimum atomic E-state index is -3.88. The summed E-state index contributed by atoms with van der Waals surface area (Å²) in [5, 5.41) is 0.401. The third-order valence-electron chi connectivity index (χ3n) is 3.99. The van der Waals surface area contributed by atoms with Crippen LogP contribution in [0.1, 0.15) is 21.5 Å². The maximum atomic E-state index is 13.0. The lowest BCUT2D eigenvalue weighted by atomic mass is 9.96. The molecule has 4 nitrogen and oxygen atoms in total. The predicted octanol–water partition coefficient (Wildman–Crippen LogP) is 3.15. The molecule has 0 saturated carbocycles. The number of amides is 1. The minimum absolute atomic E-state index is 0.141. The zero-order chi connectivity index (χ0) is 16.6. The minimum Gasteiger partial charge on any atom is -0.268 e. The summed E-state index contributed by atoms with van der Waals surface area (Å²) in [6.45, 7) is 1.89. The van der Waals surface area contributed by atoms with E-state index in [1.807, 2.05) is 19.1 Å². The van der Waals surface area contributed by atoms with Gasteiger partial charge in [0.2, 0.25) is 0 Å². The number of carbonyl (C=O) groups excluding carboxylic acids is 1. The zero-order valence-electron chi connectivity index (χ0n) is 12.6. The van der Waals surface area contributed by atoms with E-state index < -0.39 is 22.0 Å². The van der Waals surface area contributed by atoms with Crippen molar-refractivity contribution in [3.05, 3.63) is 65.2 Å². The lowest BCUT2D eigenvalue weighted by molar-refractivity contribution is 0.0813. The Balaban J connectivity index is 2.10. The molecule has 2 aromatic rings. The fraction of sp³-hybridized carbons (Fsp3) is 0.235. The number of halogens is 1. The molecule has 1 aliphatic heterocycles. The molecule has 3 rings (SSSR count). The summed E-state index contributed by atoms with van der Waals surface area (Å²) in [6, 6.07) is 13.3. The molecule has 0 saturated heterocycles. The zero-order valence-corrected chi connectivity index (χ0v) is 15.0. The van der Waals surface area contributed by atoms with E-state index in [2.05, 4.69) is 15.9 Å². The summed E-state index contributed by atoms with van der Waals surface area (Å²) in [5.41, 5.74) is 2.31. The second kappa shape index (κ2) is 6.09. The second-order valence-electron chi connectivity index (χ2n) is 5.59.